The number of fused-ring (bicyclic) bond motifs is 15. The Kier molecular flexibility index (Phi) is 17.1. The van der Waals surface area contributed by atoms with Gasteiger partial charge < -0.3 is 32.4 Å². The van der Waals surface area contributed by atoms with Crippen molar-refractivity contribution in [1.82, 2.24) is 8.80 Å². The molecule has 14 nitrogen and oxygen atoms in total. The highest BCUT2D eigenvalue weighted by molar-refractivity contribution is 6.68. The minimum atomic E-state index is -4.43. The van der Waals surface area contributed by atoms with E-state index in [2.05, 4.69) is 177 Å². The molecule has 2 bridgehead atoms. The summed E-state index contributed by atoms with van der Waals surface area (Å²) in [6, 6.07) is 42.5. The second-order valence-electron chi connectivity index (χ2n) is 23.2. The molecule has 0 saturated carbocycles. The first-order chi connectivity index (χ1) is 43.4. The summed E-state index contributed by atoms with van der Waals surface area (Å²) < 4.78 is 48.8. The lowest BCUT2D eigenvalue weighted by Crippen LogP contribution is -2.64. The van der Waals surface area contributed by atoms with Gasteiger partial charge in [-0.05, 0) is 96.6 Å². The van der Waals surface area contributed by atoms with E-state index in [9.17, 15) is 0 Å². The fourth-order valence-corrected chi connectivity index (χ4v) is 15.9. The van der Waals surface area contributed by atoms with E-state index in [0.717, 1.165) is 170 Å². The topological polar surface area (TPSA) is 138 Å². The Balaban J connectivity index is 1.23. The van der Waals surface area contributed by atoms with Crippen molar-refractivity contribution in [2.45, 2.75) is 125 Å². The third-order valence-electron chi connectivity index (χ3n) is 17.1. The van der Waals surface area contributed by atoms with Gasteiger partial charge in [0.25, 0.3) is 0 Å². The summed E-state index contributed by atoms with van der Waals surface area (Å²) in [4.78, 5) is 33.7. The average molecular weight is 1190 g/mol. The Morgan fingerprint density at radius 1 is 0.466 bits per heavy atom. The zero-order chi connectivity index (χ0) is 60.3. The van der Waals surface area contributed by atoms with Crippen LogP contribution in [0.1, 0.15) is 152 Å². The summed E-state index contributed by atoms with van der Waals surface area (Å²) in [6.07, 6.45) is 10.5. The van der Waals surface area contributed by atoms with Crippen LogP contribution in [0.4, 0.5) is 11.6 Å². The van der Waals surface area contributed by atoms with Crippen LogP contribution in [0.2, 0.25) is 0 Å². The van der Waals surface area contributed by atoms with Crippen LogP contribution in [-0.4, -0.2) is 93.2 Å². The van der Waals surface area contributed by atoms with Crippen molar-refractivity contribution in [3.63, 3.8) is 0 Å². The third kappa shape index (κ3) is 10.3. The van der Waals surface area contributed by atoms with E-state index in [1.54, 1.807) is 0 Å². The summed E-state index contributed by atoms with van der Waals surface area (Å²) in [5.41, 5.74) is 4.98. The second-order valence-corrected chi connectivity index (χ2v) is 25.8. The fourth-order valence-electron chi connectivity index (χ4n) is 12.5. The Bertz CT molecular complexity index is 4340. The summed E-state index contributed by atoms with van der Waals surface area (Å²) in [6.45, 7) is 20.3. The number of hydrogen-bond donors (Lipinski definition) is 0. The molecular formula is C73H78N8O6Si. The van der Waals surface area contributed by atoms with Crippen molar-refractivity contribution in [2.75, 3.05) is 39.6 Å². The number of nitrogens with zero attached hydrogens (tertiary/aromatic N) is 8. The molecule has 4 aliphatic heterocycles. The lowest BCUT2D eigenvalue weighted by atomic mass is 9.99. The van der Waals surface area contributed by atoms with Crippen LogP contribution >= 0.6 is 0 Å². The first-order valence-electron chi connectivity index (χ1n) is 32.1. The van der Waals surface area contributed by atoms with Crippen LogP contribution in [0.15, 0.2) is 151 Å². The van der Waals surface area contributed by atoms with Crippen LogP contribution in [-0.2, 0) is 15.4 Å². The molecule has 1 aromatic heterocycles. The Morgan fingerprint density at radius 3 is 1.48 bits per heavy atom. The highest BCUT2D eigenvalue weighted by Crippen LogP contribution is 2.53. The number of benzene rings is 8. The molecule has 88 heavy (non-hydrogen) atoms. The summed E-state index contributed by atoms with van der Waals surface area (Å²) in [5.74, 6) is 6.35. The molecule has 0 aliphatic carbocycles. The Labute approximate surface area is 516 Å². The minimum absolute atomic E-state index is 0.356. The first-order valence-corrected chi connectivity index (χ1v) is 33.8. The molecule has 0 fully saturated rings. The maximum atomic E-state index is 7.99. The van der Waals surface area contributed by atoms with Gasteiger partial charge in [0.2, 0.25) is 0 Å². The number of rotatable bonds is 25. The average Bonchev–Trinajstić information content (AvgIpc) is 1.58. The van der Waals surface area contributed by atoms with E-state index in [1.165, 1.54) is 0 Å². The van der Waals surface area contributed by atoms with Gasteiger partial charge in [0.05, 0.1) is 48.5 Å². The van der Waals surface area contributed by atoms with Crippen LogP contribution in [0.5, 0.6) is 23.0 Å². The van der Waals surface area contributed by atoms with E-state index < -0.39 is 8.88 Å². The molecule has 0 saturated heterocycles. The predicted molar refractivity (Wildman–Crippen MR) is 363 cm³/mol. The van der Waals surface area contributed by atoms with E-state index in [1.807, 2.05) is 6.07 Å². The van der Waals surface area contributed by atoms with Crippen LogP contribution in [0.3, 0.4) is 0 Å². The zero-order valence-electron chi connectivity index (χ0n) is 51.7. The molecule has 0 atom stereocenters. The van der Waals surface area contributed by atoms with E-state index in [4.69, 9.17) is 52.8 Å². The molecule has 0 radical (unpaired) electrons. The lowest BCUT2D eigenvalue weighted by Gasteiger charge is -2.40. The number of aliphatic imine (C=N–C) groups is 6. The summed E-state index contributed by atoms with van der Waals surface area (Å²) in [5, 5.41) is 9.40. The molecule has 4 aliphatic rings. The van der Waals surface area contributed by atoms with Crippen molar-refractivity contribution in [2.24, 2.45) is 30.0 Å². The van der Waals surface area contributed by atoms with Crippen molar-refractivity contribution >= 4 is 110 Å². The van der Waals surface area contributed by atoms with Gasteiger partial charge in [-0.1, -0.05) is 177 Å². The maximum Gasteiger partial charge on any atom is 0.597 e. The highest BCUT2D eigenvalue weighted by atomic mass is 28.4. The zero-order valence-corrected chi connectivity index (χ0v) is 52.7. The summed E-state index contributed by atoms with van der Waals surface area (Å²) >= 11 is 0. The molecule has 8 aromatic carbocycles. The molecule has 450 valence electrons. The van der Waals surface area contributed by atoms with Gasteiger partial charge in [-0.3, -0.25) is 4.23 Å². The van der Waals surface area contributed by atoms with Crippen LogP contribution < -0.4 is 18.9 Å². The third-order valence-corrected chi connectivity index (χ3v) is 20.3. The van der Waals surface area contributed by atoms with Crippen LogP contribution in [0, 0.1) is 0 Å². The molecular weight excluding hydrogens is 1110 g/mol. The molecule has 0 amide bonds. The van der Waals surface area contributed by atoms with Crippen molar-refractivity contribution in [1.29, 1.82) is 0 Å². The largest absolute Gasteiger partial charge is 0.597 e. The summed E-state index contributed by atoms with van der Waals surface area (Å²) in [7, 11) is -4.43. The number of hydrogen-bond acceptors (Lipinski definition) is 12. The van der Waals surface area contributed by atoms with Crippen molar-refractivity contribution in [3.05, 3.63) is 155 Å². The standard InChI is InChI=1S/C73H78N8O6Si/c1-8-14-36-82-63-52-32-24-20-28-47(52)42-51-46-80-72(59(51)63)77-68-57-44-49-30-22-26-34-54(49)65(84-38-16-10-3)61(57)70(76-68)79-71-58-45-50-31-23-27-35-55(50)66(85-39-17-11-4)62(58)73(81(71)88(80,86-40-18-12-5)87-41-19-13-6)78-67-56-43-48-29-21-25-33-53(48)64(83-37-15-9-2)60(56)69(74-7)75-67/h20-35,42-45H,7-19,36-41,46H2,1-6H3/b77-72-,78-67-,79-70-. The lowest BCUT2D eigenvalue weighted by molar-refractivity contribution is 0.118. The maximum absolute atomic E-state index is 7.99. The SMILES string of the molecule is C=NC1=N/C(=N\c2c3c(OCCCC)c4ccccc4cc3c3n2[Si](OCCCC)(OCCCC)N2Cc4cc5ccccc5c(OCCCC)c4/C2=N/C2=NC(=N\3)/c3c2cc2ccccc2c3OCCCC)c2cc3ccccc3c(OCCCC)c21. The molecule has 0 N–H and O–H groups in total. The van der Waals surface area contributed by atoms with Gasteiger partial charge in [0, 0.05) is 57.8 Å². The quantitative estimate of drug-likeness (QED) is 0.0315. The van der Waals surface area contributed by atoms with Gasteiger partial charge in [0.15, 0.2) is 23.3 Å². The van der Waals surface area contributed by atoms with Gasteiger partial charge in [-0.25, -0.2) is 30.0 Å². The monoisotopic (exact) mass is 1190 g/mol. The Hall–Kier alpha value is -8.50. The normalized spacial score (nSPS) is 16.2. The molecule has 13 rings (SSSR count). The second kappa shape index (κ2) is 25.7. The fraction of sp³-hybridized carbons (Fsp3) is 0.342. The first kappa shape index (κ1) is 58.5. The van der Waals surface area contributed by atoms with Crippen LogP contribution in [0.25, 0.3) is 53.9 Å². The van der Waals surface area contributed by atoms with Gasteiger partial charge in [-0.2, -0.15) is 0 Å². The molecule has 9 aromatic rings. The number of amidine groups is 5. The Morgan fingerprint density at radius 2 is 0.932 bits per heavy atom. The van der Waals surface area contributed by atoms with Crippen molar-refractivity contribution < 1.29 is 27.8 Å². The molecule has 15 heteroatoms. The van der Waals surface area contributed by atoms with E-state index in [-0.39, 0.29) is 0 Å². The smallest absolute Gasteiger partial charge is 0.492 e. The molecule has 0 unspecified atom stereocenters. The molecule has 0 spiro atoms. The predicted octanol–water partition coefficient (Wildman–Crippen LogP) is 17.5. The van der Waals surface area contributed by atoms with Gasteiger partial charge >= 0.3 is 8.88 Å². The van der Waals surface area contributed by atoms with Gasteiger partial charge in [-0.15, -0.1) is 0 Å². The molecule has 5 heterocycles. The van der Waals surface area contributed by atoms with Crippen molar-refractivity contribution in [3.8, 4) is 23.0 Å². The highest BCUT2D eigenvalue weighted by Gasteiger charge is 2.58. The number of aromatic nitrogens is 1. The number of unbranched alkanes of at least 4 members (excludes halogenated alkanes) is 6. The van der Waals surface area contributed by atoms with E-state index in [0.29, 0.717) is 104 Å². The van der Waals surface area contributed by atoms with E-state index >= 15 is 0 Å². The number of ether oxygens (including phenoxy) is 4. The van der Waals surface area contributed by atoms with Gasteiger partial charge in [0.1, 0.15) is 40.5 Å². The minimum Gasteiger partial charge on any atom is -0.492 e.